The van der Waals surface area contributed by atoms with E-state index in [0.29, 0.717) is 17.0 Å². The number of nitrogens with zero attached hydrogens (tertiary/aromatic N) is 2. The maximum atomic E-state index is 13.6. The van der Waals surface area contributed by atoms with Crippen LogP contribution in [0.3, 0.4) is 0 Å². The van der Waals surface area contributed by atoms with Crippen molar-refractivity contribution >= 4 is 22.7 Å². The molecule has 1 heterocycles. The van der Waals surface area contributed by atoms with Gasteiger partial charge in [0.1, 0.15) is 17.7 Å². The van der Waals surface area contributed by atoms with E-state index in [4.69, 9.17) is 0 Å². The summed E-state index contributed by atoms with van der Waals surface area (Å²) in [4.78, 5) is 7.40. The molecular formula is C16H10FN3. The zero-order valence-corrected chi connectivity index (χ0v) is 10.5. The van der Waals surface area contributed by atoms with Crippen molar-refractivity contribution in [3.05, 3.63) is 65.7 Å². The van der Waals surface area contributed by atoms with E-state index in [1.807, 2.05) is 24.3 Å². The number of aromatic amines is 1. The van der Waals surface area contributed by atoms with Crippen molar-refractivity contribution in [2.45, 2.75) is 0 Å². The molecule has 0 aliphatic heterocycles. The molecule has 0 radical (unpaired) electrons. The van der Waals surface area contributed by atoms with Crippen LogP contribution in [0, 0.1) is 17.1 Å². The topological polar surface area (TPSA) is 52.5 Å². The number of fused-ring (bicyclic) bond motifs is 1. The summed E-state index contributed by atoms with van der Waals surface area (Å²) in [6.07, 6.45) is 1.49. The van der Waals surface area contributed by atoms with Gasteiger partial charge >= 0.3 is 0 Å². The maximum Gasteiger partial charge on any atom is 0.149 e. The fraction of sp³-hybridized carbons (Fsp3) is 0. The van der Waals surface area contributed by atoms with Crippen LogP contribution in [0.15, 0.2) is 48.5 Å². The number of imidazole rings is 1. The molecule has 0 aliphatic rings. The number of nitriles is 1. The van der Waals surface area contributed by atoms with Crippen LogP contribution in [-0.2, 0) is 0 Å². The summed E-state index contributed by atoms with van der Waals surface area (Å²) in [5.74, 6) is 0.0771. The van der Waals surface area contributed by atoms with Crippen molar-refractivity contribution in [3.63, 3.8) is 0 Å². The molecule has 0 atom stereocenters. The van der Waals surface area contributed by atoms with Crippen LogP contribution in [-0.4, -0.2) is 9.97 Å². The van der Waals surface area contributed by atoms with E-state index in [-0.39, 0.29) is 5.82 Å². The number of hydrogen-bond donors (Lipinski definition) is 1. The molecule has 1 aromatic heterocycles. The summed E-state index contributed by atoms with van der Waals surface area (Å²) < 4.78 is 13.6. The molecule has 4 heteroatoms. The van der Waals surface area contributed by atoms with Crippen molar-refractivity contribution in [1.29, 1.82) is 5.26 Å². The molecular weight excluding hydrogens is 253 g/mol. The van der Waals surface area contributed by atoms with Crippen LogP contribution < -0.4 is 0 Å². The molecule has 0 spiro atoms. The summed E-state index contributed by atoms with van der Waals surface area (Å²) in [5, 5.41) is 9.26. The molecule has 0 saturated carbocycles. The van der Waals surface area contributed by atoms with E-state index in [9.17, 15) is 9.65 Å². The zero-order chi connectivity index (χ0) is 13.9. The third-order valence-electron chi connectivity index (χ3n) is 2.97. The number of halogens is 1. The summed E-state index contributed by atoms with van der Waals surface area (Å²) in [5.41, 5.74) is 2.28. The Balaban J connectivity index is 2.10. The lowest BCUT2D eigenvalue weighted by Crippen LogP contribution is -1.87. The van der Waals surface area contributed by atoms with Gasteiger partial charge in [-0.05, 0) is 24.3 Å². The van der Waals surface area contributed by atoms with Crippen molar-refractivity contribution in [3.8, 4) is 6.07 Å². The Bertz CT molecular complexity index is 807. The second-order valence-corrected chi connectivity index (χ2v) is 4.29. The van der Waals surface area contributed by atoms with Crippen LogP contribution in [0.2, 0.25) is 0 Å². The first-order valence-electron chi connectivity index (χ1n) is 6.09. The molecule has 0 amide bonds. The minimum absolute atomic E-state index is 0.297. The first kappa shape index (κ1) is 12.1. The van der Waals surface area contributed by atoms with E-state index in [0.717, 1.165) is 11.0 Å². The predicted molar refractivity (Wildman–Crippen MR) is 76.0 cm³/mol. The number of rotatable bonds is 2. The highest BCUT2D eigenvalue weighted by Crippen LogP contribution is 2.20. The molecule has 0 aliphatic carbocycles. The van der Waals surface area contributed by atoms with E-state index in [1.165, 1.54) is 12.1 Å². The van der Waals surface area contributed by atoms with Gasteiger partial charge in [0.05, 0.1) is 16.6 Å². The molecule has 96 valence electrons. The molecule has 3 aromatic rings. The van der Waals surface area contributed by atoms with Gasteiger partial charge in [-0.15, -0.1) is 0 Å². The van der Waals surface area contributed by atoms with E-state index < -0.39 is 0 Å². The average molecular weight is 263 g/mol. The van der Waals surface area contributed by atoms with Gasteiger partial charge in [-0.1, -0.05) is 30.3 Å². The van der Waals surface area contributed by atoms with Crippen LogP contribution in [0.4, 0.5) is 4.39 Å². The smallest absolute Gasteiger partial charge is 0.149 e. The molecule has 20 heavy (non-hydrogen) atoms. The number of aromatic nitrogens is 2. The quantitative estimate of drug-likeness (QED) is 0.715. The predicted octanol–water partition coefficient (Wildman–Crippen LogP) is 3.77. The van der Waals surface area contributed by atoms with Crippen molar-refractivity contribution in [1.82, 2.24) is 9.97 Å². The number of H-pyrrole nitrogens is 1. The molecule has 0 fully saturated rings. The number of para-hydroxylation sites is 2. The van der Waals surface area contributed by atoms with Crippen LogP contribution in [0.25, 0.3) is 22.7 Å². The lowest BCUT2D eigenvalue weighted by Gasteiger charge is -1.97. The zero-order valence-electron chi connectivity index (χ0n) is 10.5. The Hall–Kier alpha value is -2.93. The lowest BCUT2D eigenvalue weighted by molar-refractivity contribution is 0.625. The highest BCUT2D eigenvalue weighted by atomic mass is 19.1. The molecule has 3 nitrogen and oxygen atoms in total. The van der Waals surface area contributed by atoms with Gasteiger partial charge in [0, 0.05) is 5.56 Å². The van der Waals surface area contributed by atoms with Crippen molar-refractivity contribution in [2.75, 3.05) is 0 Å². The lowest BCUT2D eigenvalue weighted by atomic mass is 10.1. The molecule has 3 rings (SSSR count). The minimum atomic E-state index is -0.364. The second-order valence-electron chi connectivity index (χ2n) is 4.29. The Morgan fingerprint density at radius 1 is 1.15 bits per heavy atom. The van der Waals surface area contributed by atoms with Gasteiger partial charge in [0.2, 0.25) is 0 Å². The average Bonchev–Trinajstić information content (AvgIpc) is 2.90. The normalized spacial score (nSPS) is 11.5. The first-order chi connectivity index (χ1) is 9.78. The summed E-state index contributed by atoms with van der Waals surface area (Å²) in [6.45, 7) is 0. The number of hydrogen-bond acceptors (Lipinski definition) is 2. The Morgan fingerprint density at radius 2 is 1.90 bits per heavy atom. The third kappa shape index (κ3) is 2.17. The molecule has 1 N–H and O–H groups in total. The molecule has 0 bridgehead atoms. The second kappa shape index (κ2) is 4.98. The number of benzene rings is 2. The fourth-order valence-electron chi connectivity index (χ4n) is 1.98. The van der Waals surface area contributed by atoms with Gasteiger partial charge in [0.15, 0.2) is 0 Å². The highest BCUT2D eigenvalue weighted by molar-refractivity contribution is 5.90. The maximum absolute atomic E-state index is 13.6. The van der Waals surface area contributed by atoms with Crippen molar-refractivity contribution < 1.29 is 4.39 Å². The SMILES string of the molecule is N#CC(=Cc1ccccc1F)c1nc2ccccc2[nH]1. The monoisotopic (exact) mass is 263 g/mol. The van der Waals surface area contributed by atoms with Crippen molar-refractivity contribution in [2.24, 2.45) is 0 Å². The number of allylic oxidation sites excluding steroid dienone is 1. The van der Waals surface area contributed by atoms with Gasteiger partial charge in [-0.3, -0.25) is 0 Å². The van der Waals surface area contributed by atoms with Crippen LogP contribution in [0.1, 0.15) is 11.4 Å². The highest BCUT2D eigenvalue weighted by Gasteiger charge is 2.08. The third-order valence-corrected chi connectivity index (χ3v) is 2.97. The van der Waals surface area contributed by atoms with Gasteiger partial charge in [-0.25, -0.2) is 9.37 Å². The fourth-order valence-corrected chi connectivity index (χ4v) is 1.98. The van der Waals surface area contributed by atoms with E-state index >= 15 is 0 Å². The summed E-state index contributed by atoms with van der Waals surface area (Å²) in [7, 11) is 0. The number of nitrogens with one attached hydrogen (secondary N) is 1. The standard InChI is InChI=1S/C16H10FN3/c17-13-6-2-1-5-11(13)9-12(10-18)16-19-14-7-3-4-8-15(14)20-16/h1-9H,(H,19,20). The van der Waals surface area contributed by atoms with Gasteiger partial charge in [-0.2, -0.15) is 5.26 Å². The minimum Gasteiger partial charge on any atom is -0.337 e. The summed E-state index contributed by atoms with van der Waals surface area (Å²) in [6, 6.07) is 15.9. The Morgan fingerprint density at radius 3 is 2.65 bits per heavy atom. The largest absolute Gasteiger partial charge is 0.337 e. The van der Waals surface area contributed by atoms with Gasteiger partial charge < -0.3 is 4.98 Å². The first-order valence-corrected chi connectivity index (χ1v) is 6.09. The van der Waals surface area contributed by atoms with Crippen LogP contribution >= 0.6 is 0 Å². The van der Waals surface area contributed by atoms with Gasteiger partial charge in [0.25, 0.3) is 0 Å². The molecule has 0 saturated heterocycles. The Kier molecular flexibility index (Phi) is 3.02. The van der Waals surface area contributed by atoms with E-state index in [2.05, 4.69) is 16.0 Å². The summed E-state index contributed by atoms with van der Waals surface area (Å²) >= 11 is 0. The van der Waals surface area contributed by atoms with E-state index in [1.54, 1.807) is 18.2 Å². The Labute approximate surface area is 115 Å². The van der Waals surface area contributed by atoms with Crippen LogP contribution in [0.5, 0.6) is 0 Å². The molecule has 0 unspecified atom stereocenters. The molecule has 2 aromatic carbocycles.